The SMILES string of the molecule is CCOC(=O)C(C)n1cnc2c1c(=O)n(CC(C)C)c(=O)n2-c1ccc(C)cc1. The summed E-state index contributed by atoms with van der Waals surface area (Å²) in [6.07, 6.45) is 1.41. The van der Waals surface area contributed by atoms with Gasteiger partial charge in [-0.2, -0.15) is 0 Å². The third kappa shape index (κ3) is 3.74. The van der Waals surface area contributed by atoms with Crippen molar-refractivity contribution in [2.24, 2.45) is 5.92 Å². The van der Waals surface area contributed by atoms with Crippen LogP contribution in [0.1, 0.15) is 39.3 Å². The molecular weight excluding hydrogens is 372 g/mol. The Morgan fingerprint density at radius 2 is 1.79 bits per heavy atom. The molecule has 3 aromatic rings. The van der Waals surface area contributed by atoms with E-state index in [4.69, 9.17) is 4.74 Å². The minimum Gasteiger partial charge on any atom is -0.464 e. The third-order valence-corrected chi connectivity index (χ3v) is 4.74. The molecule has 0 N–H and O–H groups in total. The number of nitrogens with zero attached hydrogens (tertiary/aromatic N) is 4. The van der Waals surface area contributed by atoms with Crippen LogP contribution in [0.25, 0.3) is 16.9 Å². The number of carbonyl (C=O) groups excluding carboxylic acids is 1. The number of esters is 1. The Balaban J connectivity index is 2.36. The molecule has 2 aromatic heterocycles. The molecule has 1 atom stereocenters. The highest BCUT2D eigenvalue weighted by molar-refractivity contribution is 5.79. The van der Waals surface area contributed by atoms with Crippen LogP contribution in [0.2, 0.25) is 0 Å². The van der Waals surface area contributed by atoms with Gasteiger partial charge in [0.05, 0.1) is 18.6 Å². The van der Waals surface area contributed by atoms with Crippen LogP contribution in [0.4, 0.5) is 0 Å². The molecule has 154 valence electrons. The van der Waals surface area contributed by atoms with E-state index in [2.05, 4.69) is 4.98 Å². The first-order valence-corrected chi connectivity index (χ1v) is 9.72. The van der Waals surface area contributed by atoms with Crippen molar-refractivity contribution in [1.29, 1.82) is 0 Å². The summed E-state index contributed by atoms with van der Waals surface area (Å²) < 4.78 is 9.22. The molecule has 29 heavy (non-hydrogen) atoms. The van der Waals surface area contributed by atoms with E-state index in [0.717, 1.165) is 5.56 Å². The van der Waals surface area contributed by atoms with Crippen molar-refractivity contribution in [1.82, 2.24) is 18.7 Å². The van der Waals surface area contributed by atoms with Crippen LogP contribution >= 0.6 is 0 Å². The Labute approximate surface area is 168 Å². The predicted octanol–water partition coefficient (Wildman–Crippen LogP) is 2.44. The van der Waals surface area contributed by atoms with Crippen molar-refractivity contribution in [3.8, 4) is 5.69 Å². The van der Waals surface area contributed by atoms with Crippen LogP contribution in [-0.2, 0) is 16.1 Å². The molecule has 8 heteroatoms. The molecule has 0 aliphatic rings. The topological polar surface area (TPSA) is 88.1 Å². The van der Waals surface area contributed by atoms with Gasteiger partial charge in [-0.25, -0.2) is 19.1 Å². The van der Waals surface area contributed by atoms with E-state index in [0.29, 0.717) is 5.69 Å². The molecule has 0 saturated heterocycles. The van der Waals surface area contributed by atoms with Crippen LogP contribution in [0.15, 0.2) is 40.2 Å². The number of carbonyl (C=O) groups is 1. The summed E-state index contributed by atoms with van der Waals surface area (Å²) in [5, 5.41) is 0. The Hall–Kier alpha value is -3.16. The second kappa shape index (κ2) is 8.06. The van der Waals surface area contributed by atoms with E-state index in [1.54, 1.807) is 13.8 Å². The molecule has 3 rings (SSSR count). The first kappa shape index (κ1) is 20.6. The molecule has 0 saturated carbocycles. The van der Waals surface area contributed by atoms with Gasteiger partial charge in [0, 0.05) is 6.54 Å². The zero-order valence-corrected chi connectivity index (χ0v) is 17.4. The second-order valence-electron chi connectivity index (χ2n) is 7.52. The number of hydrogen-bond acceptors (Lipinski definition) is 5. The summed E-state index contributed by atoms with van der Waals surface area (Å²) in [5.74, 6) is -0.377. The third-order valence-electron chi connectivity index (χ3n) is 4.74. The van der Waals surface area contributed by atoms with Gasteiger partial charge in [0.15, 0.2) is 11.2 Å². The predicted molar refractivity (Wildman–Crippen MR) is 111 cm³/mol. The number of fused-ring (bicyclic) bond motifs is 1. The Bertz CT molecular complexity index is 1150. The fourth-order valence-corrected chi connectivity index (χ4v) is 3.27. The van der Waals surface area contributed by atoms with Crippen molar-refractivity contribution in [2.45, 2.75) is 47.2 Å². The maximum Gasteiger partial charge on any atom is 0.337 e. The Morgan fingerprint density at radius 3 is 2.38 bits per heavy atom. The van der Waals surface area contributed by atoms with Crippen LogP contribution in [-0.4, -0.2) is 31.3 Å². The van der Waals surface area contributed by atoms with Crippen LogP contribution < -0.4 is 11.2 Å². The number of benzene rings is 1. The molecule has 0 amide bonds. The van der Waals surface area contributed by atoms with Crippen molar-refractivity contribution < 1.29 is 9.53 Å². The number of rotatable bonds is 6. The summed E-state index contributed by atoms with van der Waals surface area (Å²) in [6, 6.07) is 6.67. The Kier molecular flexibility index (Phi) is 5.72. The van der Waals surface area contributed by atoms with E-state index in [1.807, 2.05) is 45.0 Å². The molecule has 1 aromatic carbocycles. The monoisotopic (exact) mass is 398 g/mol. The smallest absolute Gasteiger partial charge is 0.337 e. The minimum absolute atomic E-state index is 0.0863. The van der Waals surface area contributed by atoms with Gasteiger partial charge in [-0.3, -0.25) is 9.36 Å². The van der Waals surface area contributed by atoms with E-state index in [9.17, 15) is 14.4 Å². The average molecular weight is 398 g/mol. The quantitative estimate of drug-likeness (QED) is 0.595. The summed E-state index contributed by atoms with van der Waals surface area (Å²) >= 11 is 0. The summed E-state index contributed by atoms with van der Waals surface area (Å²) in [7, 11) is 0. The highest BCUT2D eigenvalue weighted by Crippen LogP contribution is 2.18. The molecule has 2 heterocycles. The van der Waals surface area contributed by atoms with Gasteiger partial charge in [-0.1, -0.05) is 31.5 Å². The number of imidazole rings is 1. The summed E-state index contributed by atoms with van der Waals surface area (Å²) in [4.78, 5) is 43.0. The van der Waals surface area contributed by atoms with Crippen molar-refractivity contribution in [3.05, 3.63) is 57.0 Å². The van der Waals surface area contributed by atoms with Gasteiger partial charge in [-0.05, 0) is 38.8 Å². The molecule has 0 aliphatic heterocycles. The largest absolute Gasteiger partial charge is 0.464 e. The van der Waals surface area contributed by atoms with Gasteiger partial charge in [-0.15, -0.1) is 0 Å². The van der Waals surface area contributed by atoms with E-state index >= 15 is 0 Å². The molecule has 0 bridgehead atoms. The highest BCUT2D eigenvalue weighted by atomic mass is 16.5. The lowest BCUT2D eigenvalue weighted by atomic mass is 10.2. The van der Waals surface area contributed by atoms with Crippen LogP contribution in [0.5, 0.6) is 0 Å². The standard InChI is InChI=1S/C21H26N4O4/c1-6-29-20(27)15(5)24-12-22-18-17(24)19(26)23(11-13(2)3)21(28)25(18)16-9-7-14(4)8-10-16/h7-10,12-13,15H,6,11H2,1-5H3. The van der Waals surface area contributed by atoms with Crippen molar-refractivity contribution in [2.75, 3.05) is 6.61 Å². The van der Waals surface area contributed by atoms with Gasteiger partial charge in [0.25, 0.3) is 5.56 Å². The fourth-order valence-electron chi connectivity index (χ4n) is 3.27. The van der Waals surface area contributed by atoms with Crippen LogP contribution in [0.3, 0.4) is 0 Å². The van der Waals surface area contributed by atoms with E-state index in [-0.39, 0.29) is 30.2 Å². The first-order valence-electron chi connectivity index (χ1n) is 9.72. The molecule has 0 radical (unpaired) electrons. The minimum atomic E-state index is -0.746. The summed E-state index contributed by atoms with van der Waals surface area (Å²) in [5.41, 5.74) is 1.17. The zero-order chi connectivity index (χ0) is 21.3. The first-order chi connectivity index (χ1) is 13.8. The molecule has 0 fully saturated rings. The average Bonchev–Trinajstić information content (AvgIpc) is 3.11. The fraction of sp³-hybridized carbons (Fsp3) is 0.429. The molecule has 0 spiro atoms. The van der Waals surface area contributed by atoms with E-state index in [1.165, 1.54) is 20.0 Å². The maximum atomic E-state index is 13.2. The van der Waals surface area contributed by atoms with Gasteiger partial charge < -0.3 is 9.30 Å². The second-order valence-corrected chi connectivity index (χ2v) is 7.52. The number of aromatic nitrogens is 4. The van der Waals surface area contributed by atoms with Gasteiger partial charge >= 0.3 is 11.7 Å². The number of aryl methyl sites for hydroxylation is 1. The lowest BCUT2D eigenvalue weighted by Crippen LogP contribution is -2.41. The maximum absolute atomic E-state index is 13.2. The Morgan fingerprint density at radius 1 is 1.14 bits per heavy atom. The zero-order valence-electron chi connectivity index (χ0n) is 17.4. The molecular formula is C21H26N4O4. The van der Waals surface area contributed by atoms with Crippen molar-refractivity contribution in [3.63, 3.8) is 0 Å². The van der Waals surface area contributed by atoms with Crippen LogP contribution in [0, 0.1) is 12.8 Å². The molecule has 8 nitrogen and oxygen atoms in total. The highest BCUT2D eigenvalue weighted by Gasteiger charge is 2.24. The van der Waals surface area contributed by atoms with Crippen molar-refractivity contribution >= 4 is 17.1 Å². The molecule has 0 aliphatic carbocycles. The molecule has 1 unspecified atom stereocenters. The summed E-state index contributed by atoms with van der Waals surface area (Å²) in [6.45, 7) is 9.70. The lowest BCUT2D eigenvalue weighted by Gasteiger charge is -2.16. The van der Waals surface area contributed by atoms with Gasteiger partial charge in [0.2, 0.25) is 0 Å². The van der Waals surface area contributed by atoms with E-state index < -0.39 is 23.3 Å². The lowest BCUT2D eigenvalue weighted by molar-refractivity contribution is -0.146. The van der Waals surface area contributed by atoms with Gasteiger partial charge in [0.1, 0.15) is 6.04 Å². The normalized spacial score (nSPS) is 12.5. The number of ether oxygens (including phenoxy) is 1. The number of hydrogen-bond donors (Lipinski definition) is 0.